The van der Waals surface area contributed by atoms with Crippen LogP contribution in [0.15, 0.2) is 249 Å². The van der Waals surface area contributed by atoms with E-state index in [2.05, 4.69) is 262 Å². The molecule has 0 saturated heterocycles. The molecule has 0 aliphatic carbocycles. The van der Waals surface area contributed by atoms with E-state index in [0.717, 1.165) is 77.5 Å². The van der Waals surface area contributed by atoms with E-state index in [9.17, 15) is 0 Å². The van der Waals surface area contributed by atoms with Crippen molar-refractivity contribution < 1.29 is 0 Å². The summed E-state index contributed by atoms with van der Waals surface area (Å²) in [6, 6.07) is 90.6. The van der Waals surface area contributed by atoms with Gasteiger partial charge in [0.15, 0.2) is 5.82 Å². The zero-order chi connectivity index (χ0) is 47.7. The Bertz CT molecular complexity index is 4980. The van der Waals surface area contributed by atoms with Gasteiger partial charge in [-0.2, -0.15) is 0 Å². The van der Waals surface area contributed by atoms with E-state index in [4.69, 9.17) is 9.97 Å². The lowest BCUT2D eigenvalue weighted by Gasteiger charge is -2.16. The second-order valence-electron chi connectivity index (χ2n) is 19.4. The first-order chi connectivity index (χ1) is 36.2. The zero-order valence-electron chi connectivity index (χ0n) is 39.4. The van der Waals surface area contributed by atoms with Crippen molar-refractivity contribution in [3.8, 4) is 39.7 Å². The lowest BCUT2D eigenvalue weighted by atomic mass is 9.99. The Hall–Kier alpha value is -9.84. The number of nitrogens with zero attached hydrogens (tertiary/aromatic N) is 5. The fraction of sp³-hybridized carbons (Fsp3) is 0. The van der Waals surface area contributed by atoms with Crippen LogP contribution in [0.25, 0.3) is 148 Å². The van der Waals surface area contributed by atoms with Crippen LogP contribution >= 0.6 is 0 Å². The van der Waals surface area contributed by atoms with Crippen LogP contribution < -0.4 is 0 Å². The molecule has 4 heterocycles. The van der Waals surface area contributed by atoms with Gasteiger partial charge in [0.1, 0.15) is 0 Å². The smallest absolute Gasteiger partial charge is 0.160 e. The molecule has 0 aliphatic heterocycles. The van der Waals surface area contributed by atoms with Crippen molar-refractivity contribution in [1.29, 1.82) is 0 Å². The highest BCUT2D eigenvalue weighted by atomic mass is 15.0. The molecule has 5 nitrogen and oxygen atoms in total. The van der Waals surface area contributed by atoms with Gasteiger partial charge in [-0.05, 0) is 124 Å². The van der Waals surface area contributed by atoms with Crippen molar-refractivity contribution >= 4 is 109 Å². The van der Waals surface area contributed by atoms with Crippen molar-refractivity contribution in [3.05, 3.63) is 249 Å². The van der Waals surface area contributed by atoms with Crippen molar-refractivity contribution in [2.45, 2.75) is 0 Å². The highest BCUT2D eigenvalue weighted by Gasteiger charge is 2.22. The average Bonchev–Trinajstić information content (AvgIpc) is 4.07. The summed E-state index contributed by atoms with van der Waals surface area (Å²) in [7, 11) is 0. The lowest BCUT2D eigenvalue weighted by Crippen LogP contribution is -2.00. The summed E-state index contributed by atoms with van der Waals surface area (Å²) in [5.74, 6) is 0.689. The molecule has 0 N–H and O–H groups in total. The minimum absolute atomic E-state index is 0.689. The second kappa shape index (κ2) is 15.3. The summed E-state index contributed by atoms with van der Waals surface area (Å²) < 4.78 is 7.31. The maximum absolute atomic E-state index is 5.58. The molecular formula is C68H41N5. The Labute approximate surface area is 418 Å². The number of rotatable bonds is 5. The molecule has 0 amide bonds. The molecule has 0 saturated carbocycles. The number of hydrogen-bond donors (Lipinski definition) is 0. The molecular weight excluding hydrogens is 887 g/mol. The summed E-state index contributed by atoms with van der Waals surface area (Å²) >= 11 is 0. The number of para-hydroxylation sites is 4. The van der Waals surface area contributed by atoms with Crippen LogP contribution in [-0.4, -0.2) is 23.7 Å². The Kier molecular flexibility index (Phi) is 8.39. The molecule has 0 fully saturated rings. The first-order valence-electron chi connectivity index (χ1n) is 25.0. The normalized spacial score (nSPS) is 12.1. The minimum atomic E-state index is 0.689. The third kappa shape index (κ3) is 5.97. The van der Waals surface area contributed by atoms with Crippen LogP contribution in [0.3, 0.4) is 0 Å². The fourth-order valence-corrected chi connectivity index (χ4v) is 12.0. The lowest BCUT2D eigenvalue weighted by molar-refractivity contribution is 1.16. The number of fused-ring (bicyclic) bond motifs is 13. The van der Waals surface area contributed by atoms with Gasteiger partial charge in [0.2, 0.25) is 0 Å². The van der Waals surface area contributed by atoms with Gasteiger partial charge in [0.05, 0.1) is 50.0 Å². The average molecular weight is 928 g/mol. The topological polar surface area (TPSA) is 40.6 Å². The van der Waals surface area contributed by atoms with Gasteiger partial charge in [-0.1, -0.05) is 152 Å². The first-order valence-corrected chi connectivity index (χ1v) is 25.0. The number of benzene rings is 12. The molecule has 5 heteroatoms. The standard InChI is InChI=1S/C68H41N5/c1-2-21-49(22-3-1)71-60-28-14-11-24-52(60)56-37-47(30-33-62(56)71)68-69-59-27-13-10-26-55(59)67(70-68)48-34-46-20-8-9-23-51(46)63(40-48)73-65-39-45-19-7-5-17-43(45)36-58(65)54-32-31-50(41-66(54)73)72-61-29-15-12-25-53(61)57-35-42-16-4-6-18-44(42)38-64(57)72/h1-41H. The molecule has 338 valence electrons. The molecule has 16 aromatic rings. The predicted octanol–water partition coefficient (Wildman–Crippen LogP) is 17.7. The van der Waals surface area contributed by atoms with Crippen LogP contribution in [0.2, 0.25) is 0 Å². The van der Waals surface area contributed by atoms with E-state index in [1.165, 1.54) is 65.0 Å². The summed E-state index contributed by atoms with van der Waals surface area (Å²) in [6.45, 7) is 0. The van der Waals surface area contributed by atoms with Crippen LogP contribution in [-0.2, 0) is 0 Å². The van der Waals surface area contributed by atoms with Gasteiger partial charge in [0.25, 0.3) is 0 Å². The molecule has 0 unspecified atom stereocenters. The van der Waals surface area contributed by atoms with E-state index < -0.39 is 0 Å². The van der Waals surface area contributed by atoms with Crippen molar-refractivity contribution in [3.63, 3.8) is 0 Å². The Morgan fingerprint density at radius 1 is 0.247 bits per heavy atom. The van der Waals surface area contributed by atoms with Gasteiger partial charge in [0, 0.05) is 65.6 Å². The summed E-state index contributed by atoms with van der Waals surface area (Å²) in [5.41, 5.74) is 14.1. The Morgan fingerprint density at radius 3 is 1.45 bits per heavy atom. The molecule has 0 radical (unpaired) electrons. The molecule has 4 aromatic heterocycles. The SMILES string of the molecule is c1ccc(-n2c3ccccc3c3cc(-c4nc(-c5cc(-n6c7cc(-n8c9ccccc9c9cc%10ccccc%10cc98)ccc7c7cc8ccccc8cc76)c6ccccc6c5)c5ccccc5n4)ccc32)cc1. The van der Waals surface area contributed by atoms with Gasteiger partial charge >= 0.3 is 0 Å². The van der Waals surface area contributed by atoms with E-state index >= 15 is 0 Å². The largest absolute Gasteiger partial charge is 0.309 e. The summed E-state index contributed by atoms with van der Waals surface area (Å²) in [6.07, 6.45) is 0. The van der Waals surface area contributed by atoms with Gasteiger partial charge in [-0.3, -0.25) is 0 Å². The zero-order valence-corrected chi connectivity index (χ0v) is 39.4. The molecule has 0 spiro atoms. The van der Waals surface area contributed by atoms with Crippen molar-refractivity contribution in [1.82, 2.24) is 23.7 Å². The molecule has 0 aliphatic rings. The maximum Gasteiger partial charge on any atom is 0.160 e. The van der Waals surface area contributed by atoms with E-state index in [0.29, 0.717) is 5.82 Å². The summed E-state index contributed by atoms with van der Waals surface area (Å²) in [5, 5.41) is 15.4. The highest BCUT2D eigenvalue weighted by Crippen LogP contribution is 2.43. The van der Waals surface area contributed by atoms with Crippen LogP contribution in [0.1, 0.15) is 0 Å². The molecule has 73 heavy (non-hydrogen) atoms. The van der Waals surface area contributed by atoms with Crippen molar-refractivity contribution in [2.75, 3.05) is 0 Å². The van der Waals surface area contributed by atoms with E-state index in [1.807, 2.05) is 0 Å². The molecule has 0 atom stereocenters. The van der Waals surface area contributed by atoms with Gasteiger partial charge in [-0.15, -0.1) is 0 Å². The third-order valence-electron chi connectivity index (χ3n) is 15.3. The maximum atomic E-state index is 5.58. The fourth-order valence-electron chi connectivity index (χ4n) is 12.0. The molecule has 0 bridgehead atoms. The molecule has 16 rings (SSSR count). The quantitative estimate of drug-likeness (QED) is 0.173. The summed E-state index contributed by atoms with van der Waals surface area (Å²) in [4.78, 5) is 10.9. The van der Waals surface area contributed by atoms with E-state index in [1.54, 1.807) is 0 Å². The second-order valence-corrected chi connectivity index (χ2v) is 19.4. The van der Waals surface area contributed by atoms with Crippen LogP contribution in [0.5, 0.6) is 0 Å². The Morgan fingerprint density at radius 2 is 0.753 bits per heavy atom. The number of hydrogen-bond acceptors (Lipinski definition) is 2. The van der Waals surface area contributed by atoms with Crippen LogP contribution in [0, 0.1) is 0 Å². The first kappa shape index (κ1) is 39.9. The van der Waals surface area contributed by atoms with Crippen molar-refractivity contribution in [2.24, 2.45) is 0 Å². The van der Waals surface area contributed by atoms with Gasteiger partial charge < -0.3 is 13.7 Å². The Balaban J connectivity index is 0.954. The molecule has 12 aromatic carbocycles. The number of aromatic nitrogens is 5. The van der Waals surface area contributed by atoms with Crippen LogP contribution in [0.4, 0.5) is 0 Å². The highest BCUT2D eigenvalue weighted by molar-refractivity contribution is 6.17. The van der Waals surface area contributed by atoms with E-state index in [-0.39, 0.29) is 0 Å². The predicted molar refractivity (Wildman–Crippen MR) is 306 cm³/mol. The third-order valence-corrected chi connectivity index (χ3v) is 15.3. The van der Waals surface area contributed by atoms with Gasteiger partial charge in [-0.25, -0.2) is 9.97 Å². The monoisotopic (exact) mass is 927 g/mol. The minimum Gasteiger partial charge on any atom is -0.309 e.